The molecular weight excluding hydrogens is 376 g/mol. The highest BCUT2D eigenvalue weighted by Gasteiger charge is 2.26. The Balaban J connectivity index is 1.22. The van der Waals surface area contributed by atoms with Gasteiger partial charge in [-0.2, -0.15) is 0 Å². The van der Waals surface area contributed by atoms with Gasteiger partial charge in [0.1, 0.15) is 11.6 Å². The van der Waals surface area contributed by atoms with Crippen molar-refractivity contribution in [3.05, 3.63) is 72.7 Å². The van der Waals surface area contributed by atoms with Crippen LogP contribution in [-0.2, 0) is 11.3 Å². The summed E-state index contributed by atoms with van der Waals surface area (Å²) < 4.78 is 5.44. The number of carbonyl (C=O) groups is 1. The standard InChI is InChI=1S/C24H24N4O2/c29-24(18-5-3-13-28(15-18)16-20-6-4-14-30-20)25-19-11-9-17(10-12-19)23-26-21-7-1-2-8-22(21)27-23/h1-2,4,6-12,14,18H,3,5,13,15-16H2,(H,25,29)(H,26,27). The minimum Gasteiger partial charge on any atom is -0.468 e. The van der Waals surface area contributed by atoms with Gasteiger partial charge in [0.25, 0.3) is 0 Å². The van der Waals surface area contributed by atoms with Gasteiger partial charge >= 0.3 is 0 Å². The van der Waals surface area contributed by atoms with E-state index in [1.54, 1.807) is 6.26 Å². The summed E-state index contributed by atoms with van der Waals surface area (Å²) in [6.07, 6.45) is 3.62. The predicted molar refractivity (Wildman–Crippen MR) is 117 cm³/mol. The number of amides is 1. The molecule has 1 fully saturated rings. The number of imidazole rings is 1. The first-order valence-corrected chi connectivity index (χ1v) is 10.4. The number of benzene rings is 2. The molecule has 1 saturated heterocycles. The number of furan rings is 1. The van der Waals surface area contributed by atoms with Gasteiger partial charge in [-0.05, 0) is 67.9 Å². The number of carbonyl (C=O) groups excluding carboxylic acids is 1. The van der Waals surface area contributed by atoms with Gasteiger partial charge in [0.15, 0.2) is 0 Å². The zero-order valence-corrected chi connectivity index (χ0v) is 16.7. The number of nitrogens with zero attached hydrogens (tertiary/aromatic N) is 2. The number of likely N-dealkylation sites (tertiary alicyclic amines) is 1. The lowest BCUT2D eigenvalue weighted by Gasteiger charge is -2.31. The largest absolute Gasteiger partial charge is 0.468 e. The molecule has 2 aromatic carbocycles. The maximum atomic E-state index is 12.8. The Morgan fingerprint density at radius 2 is 2.00 bits per heavy atom. The number of rotatable bonds is 5. The Hall–Kier alpha value is -3.38. The second-order valence-corrected chi connectivity index (χ2v) is 7.82. The van der Waals surface area contributed by atoms with E-state index >= 15 is 0 Å². The zero-order valence-electron chi connectivity index (χ0n) is 16.7. The van der Waals surface area contributed by atoms with Crippen molar-refractivity contribution in [1.82, 2.24) is 14.9 Å². The van der Waals surface area contributed by atoms with E-state index in [1.165, 1.54) is 0 Å². The Morgan fingerprint density at radius 1 is 1.13 bits per heavy atom. The summed E-state index contributed by atoms with van der Waals surface area (Å²) in [6, 6.07) is 19.7. The molecule has 0 spiro atoms. The van der Waals surface area contributed by atoms with Gasteiger partial charge in [0.2, 0.25) is 5.91 Å². The molecule has 152 valence electrons. The van der Waals surface area contributed by atoms with Crippen molar-refractivity contribution in [3.8, 4) is 11.4 Å². The van der Waals surface area contributed by atoms with Crippen molar-refractivity contribution >= 4 is 22.6 Å². The average Bonchev–Trinajstić information content (AvgIpc) is 3.44. The maximum Gasteiger partial charge on any atom is 0.228 e. The molecule has 0 saturated carbocycles. The third kappa shape index (κ3) is 4.00. The monoisotopic (exact) mass is 400 g/mol. The third-order valence-electron chi connectivity index (χ3n) is 5.65. The van der Waals surface area contributed by atoms with Crippen LogP contribution >= 0.6 is 0 Å². The topological polar surface area (TPSA) is 74.2 Å². The van der Waals surface area contributed by atoms with Gasteiger partial charge in [0, 0.05) is 17.8 Å². The number of hydrogen-bond donors (Lipinski definition) is 2. The van der Waals surface area contributed by atoms with Crippen LogP contribution in [0.2, 0.25) is 0 Å². The number of para-hydroxylation sites is 2. The molecule has 1 aliphatic rings. The van der Waals surface area contributed by atoms with E-state index in [4.69, 9.17) is 4.42 Å². The quantitative estimate of drug-likeness (QED) is 0.510. The van der Waals surface area contributed by atoms with E-state index in [0.717, 1.165) is 66.3 Å². The van der Waals surface area contributed by atoms with Crippen LogP contribution in [0.4, 0.5) is 5.69 Å². The molecule has 4 aromatic rings. The van der Waals surface area contributed by atoms with Crippen LogP contribution in [0.15, 0.2) is 71.3 Å². The highest BCUT2D eigenvalue weighted by Crippen LogP contribution is 2.24. The van der Waals surface area contributed by atoms with Crippen LogP contribution in [0, 0.1) is 5.92 Å². The average molecular weight is 400 g/mol. The summed E-state index contributed by atoms with van der Waals surface area (Å²) in [5, 5.41) is 3.08. The van der Waals surface area contributed by atoms with E-state index in [-0.39, 0.29) is 11.8 Å². The lowest BCUT2D eigenvalue weighted by molar-refractivity contribution is -0.121. The summed E-state index contributed by atoms with van der Waals surface area (Å²) >= 11 is 0. The SMILES string of the molecule is O=C(Nc1ccc(-c2nc3ccccc3[nH]2)cc1)C1CCCN(Cc2ccco2)C1. The fraction of sp³-hybridized carbons (Fsp3) is 0.250. The Labute approximate surface area is 174 Å². The fourth-order valence-corrected chi connectivity index (χ4v) is 4.08. The van der Waals surface area contributed by atoms with Crippen LogP contribution in [0.5, 0.6) is 0 Å². The molecule has 5 rings (SSSR count). The third-order valence-corrected chi connectivity index (χ3v) is 5.65. The van der Waals surface area contributed by atoms with Gasteiger partial charge in [-0.1, -0.05) is 12.1 Å². The summed E-state index contributed by atoms with van der Waals surface area (Å²) in [7, 11) is 0. The molecule has 1 atom stereocenters. The van der Waals surface area contributed by atoms with Crippen LogP contribution in [-0.4, -0.2) is 33.9 Å². The number of H-pyrrole nitrogens is 1. The van der Waals surface area contributed by atoms with E-state index in [2.05, 4.69) is 20.2 Å². The number of nitrogens with one attached hydrogen (secondary N) is 2. The number of piperidine rings is 1. The van der Waals surface area contributed by atoms with Gasteiger partial charge < -0.3 is 14.7 Å². The number of fused-ring (bicyclic) bond motifs is 1. The highest BCUT2D eigenvalue weighted by molar-refractivity contribution is 5.93. The second kappa shape index (κ2) is 8.16. The van der Waals surface area contributed by atoms with Gasteiger partial charge in [-0.15, -0.1) is 0 Å². The van der Waals surface area contributed by atoms with Crippen molar-refractivity contribution in [3.63, 3.8) is 0 Å². The molecule has 6 heteroatoms. The lowest BCUT2D eigenvalue weighted by atomic mass is 9.97. The van der Waals surface area contributed by atoms with Gasteiger partial charge in [-0.3, -0.25) is 9.69 Å². The van der Waals surface area contributed by atoms with E-state index in [1.807, 2.05) is 60.7 Å². The Morgan fingerprint density at radius 3 is 2.80 bits per heavy atom. The van der Waals surface area contributed by atoms with Crippen molar-refractivity contribution in [2.45, 2.75) is 19.4 Å². The smallest absolute Gasteiger partial charge is 0.228 e. The molecule has 0 radical (unpaired) electrons. The Bertz CT molecular complexity index is 1100. The molecule has 1 amide bonds. The molecule has 2 N–H and O–H groups in total. The molecule has 0 bridgehead atoms. The first-order chi connectivity index (χ1) is 14.7. The summed E-state index contributed by atoms with van der Waals surface area (Å²) in [5.74, 6) is 1.84. The minimum atomic E-state index is -0.0104. The van der Waals surface area contributed by atoms with Crippen molar-refractivity contribution in [2.24, 2.45) is 5.92 Å². The zero-order chi connectivity index (χ0) is 20.3. The molecule has 1 unspecified atom stereocenters. The summed E-state index contributed by atoms with van der Waals surface area (Å²) in [6.45, 7) is 2.50. The fourth-order valence-electron chi connectivity index (χ4n) is 4.08. The summed E-state index contributed by atoms with van der Waals surface area (Å²) in [4.78, 5) is 23.1. The van der Waals surface area contributed by atoms with E-state index < -0.39 is 0 Å². The number of anilines is 1. The van der Waals surface area contributed by atoms with Crippen LogP contribution in [0.25, 0.3) is 22.4 Å². The van der Waals surface area contributed by atoms with Crippen molar-refractivity contribution < 1.29 is 9.21 Å². The molecular formula is C24H24N4O2. The van der Waals surface area contributed by atoms with Gasteiger partial charge in [0.05, 0.1) is 29.8 Å². The first-order valence-electron chi connectivity index (χ1n) is 10.4. The molecule has 1 aliphatic heterocycles. The predicted octanol–water partition coefficient (Wildman–Crippen LogP) is 4.67. The molecule has 0 aliphatic carbocycles. The summed E-state index contributed by atoms with van der Waals surface area (Å²) in [5.41, 5.74) is 3.76. The minimum absolute atomic E-state index is 0.0104. The van der Waals surface area contributed by atoms with Crippen LogP contribution in [0.1, 0.15) is 18.6 Å². The lowest BCUT2D eigenvalue weighted by Crippen LogP contribution is -2.40. The number of hydrogen-bond acceptors (Lipinski definition) is 4. The van der Waals surface area contributed by atoms with Crippen LogP contribution < -0.4 is 5.32 Å². The Kier molecular flexibility index (Phi) is 5.07. The molecule has 6 nitrogen and oxygen atoms in total. The van der Waals surface area contributed by atoms with Crippen molar-refractivity contribution in [2.75, 3.05) is 18.4 Å². The number of aromatic amines is 1. The molecule has 30 heavy (non-hydrogen) atoms. The van der Waals surface area contributed by atoms with Gasteiger partial charge in [-0.25, -0.2) is 4.98 Å². The van der Waals surface area contributed by atoms with Crippen molar-refractivity contribution in [1.29, 1.82) is 0 Å². The first kappa shape index (κ1) is 18.6. The normalized spacial score (nSPS) is 17.3. The molecule has 3 heterocycles. The van der Waals surface area contributed by atoms with E-state index in [0.29, 0.717) is 0 Å². The maximum absolute atomic E-state index is 12.8. The van der Waals surface area contributed by atoms with E-state index in [9.17, 15) is 4.79 Å². The second-order valence-electron chi connectivity index (χ2n) is 7.82. The molecule has 2 aromatic heterocycles. The van der Waals surface area contributed by atoms with Crippen LogP contribution in [0.3, 0.4) is 0 Å². The highest BCUT2D eigenvalue weighted by atomic mass is 16.3. The number of aromatic nitrogens is 2.